The fourth-order valence-electron chi connectivity index (χ4n) is 1.57. The zero-order valence-corrected chi connectivity index (χ0v) is 9.68. The zero-order chi connectivity index (χ0) is 12.1. The van der Waals surface area contributed by atoms with Gasteiger partial charge in [-0.1, -0.05) is 0 Å². The van der Waals surface area contributed by atoms with Crippen molar-refractivity contribution in [2.75, 3.05) is 12.0 Å². The Morgan fingerprint density at radius 2 is 2.00 bits per heavy atom. The van der Waals surface area contributed by atoms with Crippen LogP contribution in [0.5, 0.6) is 5.75 Å². The summed E-state index contributed by atoms with van der Waals surface area (Å²) in [4.78, 5) is 4.30. The van der Waals surface area contributed by atoms with Crippen LogP contribution >= 0.6 is 0 Å². The first-order valence-electron chi connectivity index (χ1n) is 5.49. The summed E-state index contributed by atoms with van der Waals surface area (Å²) in [5, 5.41) is 0. The molecule has 0 aliphatic carbocycles. The predicted octanol–water partition coefficient (Wildman–Crippen LogP) is 2.43. The third-order valence-corrected chi connectivity index (χ3v) is 2.39. The van der Waals surface area contributed by atoms with Gasteiger partial charge in [-0.15, -0.1) is 0 Å². The molecule has 0 aliphatic rings. The second-order valence-corrected chi connectivity index (χ2v) is 3.53. The van der Waals surface area contributed by atoms with Crippen LogP contribution in [-0.4, -0.2) is 11.6 Å². The van der Waals surface area contributed by atoms with Crippen LogP contribution in [0.1, 0.15) is 6.92 Å². The van der Waals surface area contributed by atoms with Crippen LogP contribution in [0.2, 0.25) is 0 Å². The molecule has 2 aromatic rings. The number of benzene rings is 1. The number of aromatic nitrogens is 1. The Morgan fingerprint density at radius 1 is 1.24 bits per heavy atom. The van der Waals surface area contributed by atoms with Gasteiger partial charge in [-0.3, -0.25) is 10.8 Å². The van der Waals surface area contributed by atoms with Crippen LogP contribution in [0.15, 0.2) is 42.6 Å². The van der Waals surface area contributed by atoms with E-state index in [0.29, 0.717) is 6.61 Å². The highest BCUT2D eigenvalue weighted by atomic mass is 16.5. The molecule has 0 saturated heterocycles. The monoisotopic (exact) mass is 229 g/mol. The van der Waals surface area contributed by atoms with E-state index in [1.165, 1.54) is 0 Å². The number of nitrogens with zero attached hydrogens (tertiary/aromatic N) is 1. The highest BCUT2D eigenvalue weighted by molar-refractivity contribution is 5.64. The Kier molecular flexibility index (Phi) is 3.57. The Balaban J connectivity index is 2.26. The van der Waals surface area contributed by atoms with Crippen molar-refractivity contribution in [1.82, 2.24) is 4.98 Å². The van der Waals surface area contributed by atoms with Crippen LogP contribution in [0.3, 0.4) is 0 Å². The molecular formula is C13H15N3O. The molecule has 3 N–H and O–H groups in total. The summed E-state index contributed by atoms with van der Waals surface area (Å²) in [5.74, 6) is 6.23. The first-order valence-corrected chi connectivity index (χ1v) is 5.49. The number of hydrazine groups is 1. The van der Waals surface area contributed by atoms with Gasteiger partial charge in [0, 0.05) is 11.8 Å². The molecule has 0 radical (unpaired) electrons. The maximum absolute atomic E-state index is 5.39. The summed E-state index contributed by atoms with van der Waals surface area (Å²) in [5.41, 5.74) is 5.35. The summed E-state index contributed by atoms with van der Waals surface area (Å²) in [6.07, 6.45) is 1.72. The SMILES string of the molecule is CCOc1ccc(-c2cc(NN)ccn2)cc1. The third kappa shape index (κ3) is 2.73. The van der Waals surface area contributed by atoms with Crippen molar-refractivity contribution in [2.24, 2.45) is 5.84 Å². The van der Waals surface area contributed by atoms with E-state index >= 15 is 0 Å². The number of anilines is 1. The number of hydrogen-bond acceptors (Lipinski definition) is 4. The molecule has 0 fully saturated rings. The molecule has 0 aliphatic heterocycles. The van der Waals surface area contributed by atoms with Gasteiger partial charge >= 0.3 is 0 Å². The normalized spacial score (nSPS) is 10.0. The molecule has 2 rings (SSSR count). The highest BCUT2D eigenvalue weighted by Crippen LogP contribution is 2.22. The number of nitrogens with two attached hydrogens (primary N) is 1. The van der Waals surface area contributed by atoms with Crippen LogP contribution in [0, 0.1) is 0 Å². The number of ether oxygens (including phenoxy) is 1. The molecule has 0 spiro atoms. The van der Waals surface area contributed by atoms with E-state index in [-0.39, 0.29) is 0 Å². The lowest BCUT2D eigenvalue weighted by atomic mass is 10.1. The number of nitrogen functional groups attached to an aromatic ring is 1. The smallest absolute Gasteiger partial charge is 0.119 e. The second kappa shape index (κ2) is 5.32. The van der Waals surface area contributed by atoms with Gasteiger partial charge in [0.1, 0.15) is 5.75 Å². The minimum Gasteiger partial charge on any atom is -0.494 e. The minimum atomic E-state index is 0.671. The lowest BCUT2D eigenvalue weighted by molar-refractivity contribution is 0.340. The maximum atomic E-state index is 5.39. The molecule has 0 bridgehead atoms. The summed E-state index contributed by atoms with van der Waals surface area (Å²) in [6.45, 7) is 2.63. The molecule has 88 valence electrons. The maximum Gasteiger partial charge on any atom is 0.119 e. The number of pyridine rings is 1. The molecule has 0 atom stereocenters. The predicted molar refractivity (Wildman–Crippen MR) is 68.7 cm³/mol. The lowest BCUT2D eigenvalue weighted by Crippen LogP contribution is -2.06. The Bertz CT molecular complexity index is 482. The van der Waals surface area contributed by atoms with Crippen molar-refractivity contribution in [2.45, 2.75) is 6.92 Å². The molecule has 4 heteroatoms. The zero-order valence-electron chi connectivity index (χ0n) is 9.68. The third-order valence-electron chi connectivity index (χ3n) is 2.39. The van der Waals surface area contributed by atoms with Gasteiger partial charge in [-0.2, -0.15) is 0 Å². The first kappa shape index (κ1) is 11.4. The van der Waals surface area contributed by atoms with E-state index in [1.807, 2.05) is 43.3 Å². The Hall–Kier alpha value is -2.07. The first-order chi connectivity index (χ1) is 8.33. The molecule has 0 unspecified atom stereocenters. The molecular weight excluding hydrogens is 214 g/mol. The fourth-order valence-corrected chi connectivity index (χ4v) is 1.57. The van der Waals surface area contributed by atoms with Crippen LogP contribution in [0.4, 0.5) is 5.69 Å². The Labute approximate surface area is 100 Å². The van der Waals surface area contributed by atoms with Crippen molar-refractivity contribution in [3.05, 3.63) is 42.6 Å². The summed E-state index contributed by atoms with van der Waals surface area (Å²) in [6, 6.07) is 11.5. The molecule has 0 saturated carbocycles. The summed E-state index contributed by atoms with van der Waals surface area (Å²) in [7, 11) is 0. The molecule has 17 heavy (non-hydrogen) atoms. The van der Waals surface area contributed by atoms with Crippen molar-refractivity contribution in [3.8, 4) is 17.0 Å². The number of nitrogens with one attached hydrogen (secondary N) is 1. The van der Waals surface area contributed by atoms with Crippen molar-refractivity contribution >= 4 is 5.69 Å². The van der Waals surface area contributed by atoms with Crippen LogP contribution < -0.4 is 16.0 Å². The quantitative estimate of drug-likeness (QED) is 0.624. The van der Waals surface area contributed by atoms with E-state index in [0.717, 1.165) is 22.7 Å². The standard InChI is InChI=1S/C13H15N3O/c1-2-17-12-5-3-10(4-6-12)13-9-11(16-14)7-8-15-13/h3-9H,2,14H2,1H3,(H,15,16). The van der Waals surface area contributed by atoms with E-state index < -0.39 is 0 Å². The molecule has 1 aromatic heterocycles. The topological polar surface area (TPSA) is 60.2 Å². The van der Waals surface area contributed by atoms with E-state index in [4.69, 9.17) is 10.6 Å². The molecule has 0 amide bonds. The fraction of sp³-hybridized carbons (Fsp3) is 0.154. The van der Waals surface area contributed by atoms with Gasteiger partial charge in [0.2, 0.25) is 0 Å². The van der Waals surface area contributed by atoms with E-state index in [2.05, 4.69) is 10.4 Å². The van der Waals surface area contributed by atoms with Gasteiger partial charge in [-0.05, 0) is 43.3 Å². The average molecular weight is 229 g/mol. The number of hydrogen-bond donors (Lipinski definition) is 2. The van der Waals surface area contributed by atoms with Crippen molar-refractivity contribution in [3.63, 3.8) is 0 Å². The van der Waals surface area contributed by atoms with Gasteiger partial charge in [-0.25, -0.2) is 0 Å². The second-order valence-electron chi connectivity index (χ2n) is 3.53. The summed E-state index contributed by atoms with van der Waals surface area (Å²) < 4.78 is 5.39. The highest BCUT2D eigenvalue weighted by Gasteiger charge is 2.00. The van der Waals surface area contributed by atoms with E-state index in [9.17, 15) is 0 Å². The summed E-state index contributed by atoms with van der Waals surface area (Å²) >= 11 is 0. The lowest BCUT2D eigenvalue weighted by Gasteiger charge is -2.06. The van der Waals surface area contributed by atoms with Crippen LogP contribution in [-0.2, 0) is 0 Å². The minimum absolute atomic E-state index is 0.671. The largest absolute Gasteiger partial charge is 0.494 e. The van der Waals surface area contributed by atoms with Gasteiger partial charge in [0.15, 0.2) is 0 Å². The number of rotatable bonds is 4. The van der Waals surface area contributed by atoms with Crippen LogP contribution in [0.25, 0.3) is 11.3 Å². The van der Waals surface area contributed by atoms with Crippen molar-refractivity contribution < 1.29 is 4.74 Å². The van der Waals surface area contributed by atoms with Gasteiger partial charge in [0.25, 0.3) is 0 Å². The average Bonchev–Trinajstić information content (AvgIpc) is 2.40. The van der Waals surface area contributed by atoms with Gasteiger partial charge < -0.3 is 10.2 Å². The molecule has 4 nitrogen and oxygen atoms in total. The van der Waals surface area contributed by atoms with Crippen molar-refractivity contribution in [1.29, 1.82) is 0 Å². The Morgan fingerprint density at radius 3 is 2.65 bits per heavy atom. The molecule has 1 heterocycles. The van der Waals surface area contributed by atoms with E-state index in [1.54, 1.807) is 6.20 Å². The van der Waals surface area contributed by atoms with Gasteiger partial charge in [0.05, 0.1) is 18.0 Å². The molecule has 1 aromatic carbocycles.